The van der Waals surface area contributed by atoms with Gasteiger partial charge in [-0.25, -0.2) is 0 Å². The monoisotopic (exact) mass is 305 g/mol. The standard InChI is InChI=1S/C11H8BrN5O/c12-10-8(17-6-15-16-9(17)5-18)2-1-7-11(10)14-4-3-13-7/h1-4,6,18H,5H2. The number of fused-ring (bicyclic) bond motifs is 1. The Morgan fingerprint density at radius 2 is 2.06 bits per heavy atom. The molecule has 2 aromatic heterocycles. The lowest BCUT2D eigenvalue weighted by atomic mass is 10.2. The Kier molecular flexibility index (Phi) is 2.77. The molecule has 0 aliphatic carbocycles. The molecule has 6 nitrogen and oxygen atoms in total. The van der Waals surface area contributed by atoms with Crippen molar-refractivity contribution in [1.82, 2.24) is 24.7 Å². The minimum atomic E-state index is -0.176. The maximum absolute atomic E-state index is 9.21. The van der Waals surface area contributed by atoms with Crippen molar-refractivity contribution in [3.05, 3.63) is 41.2 Å². The SMILES string of the molecule is OCc1nncn1-c1ccc2nccnc2c1Br. The number of hydrogen-bond donors (Lipinski definition) is 1. The van der Waals surface area contributed by atoms with Gasteiger partial charge in [-0.2, -0.15) is 0 Å². The number of rotatable bonds is 2. The summed E-state index contributed by atoms with van der Waals surface area (Å²) in [4.78, 5) is 8.51. The number of aliphatic hydroxyl groups excluding tert-OH is 1. The van der Waals surface area contributed by atoms with Gasteiger partial charge in [0.25, 0.3) is 0 Å². The smallest absolute Gasteiger partial charge is 0.163 e. The first-order valence-electron chi connectivity index (χ1n) is 5.20. The third-order valence-corrected chi connectivity index (χ3v) is 3.36. The molecule has 0 amide bonds. The Balaban J connectivity index is 2.27. The van der Waals surface area contributed by atoms with Crippen LogP contribution < -0.4 is 0 Å². The van der Waals surface area contributed by atoms with Crippen LogP contribution in [0.25, 0.3) is 16.7 Å². The van der Waals surface area contributed by atoms with E-state index in [0.717, 1.165) is 21.2 Å². The van der Waals surface area contributed by atoms with Gasteiger partial charge >= 0.3 is 0 Å². The highest BCUT2D eigenvalue weighted by Crippen LogP contribution is 2.28. The molecule has 7 heteroatoms. The van der Waals surface area contributed by atoms with Gasteiger partial charge in [0, 0.05) is 12.4 Å². The normalized spacial score (nSPS) is 11.0. The quantitative estimate of drug-likeness (QED) is 0.776. The highest BCUT2D eigenvalue weighted by Gasteiger charge is 2.11. The van der Waals surface area contributed by atoms with Crippen LogP contribution >= 0.6 is 15.9 Å². The summed E-state index contributed by atoms with van der Waals surface area (Å²) in [7, 11) is 0. The molecular weight excluding hydrogens is 298 g/mol. The van der Waals surface area contributed by atoms with Crippen LogP contribution in [0, 0.1) is 0 Å². The number of nitrogens with zero attached hydrogens (tertiary/aromatic N) is 5. The summed E-state index contributed by atoms with van der Waals surface area (Å²) in [6.45, 7) is -0.176. The summed E-state index contributed by atoms with van der Waals surface area (Å²) in [5.41, 5.74) is 2.37. The van der Waals surface area contributed by atoms with Crippen LogP contribution in [0.15, 0.2) is 35.3 Å². The number of aromatic nitrogens is 5. The predicted molar refractivity (Wildman–Crippen MR) is 68.1 cm³/mol. The third-order valence-electron chi connectivity index (χ3n) is 2.58. The highest BCUT2D eigenvalue weighted by atomic mass is 79.9. The van der Waals surface area contributed by atoms with Gasteiger partial charge in [0.2, 0.25) is 0 Å². The van der Waals surface area contributed by atoms with E-state index in [-0.39, 0.29) is 6.61 Å². The zero-order valence-corrected chi connectivity index (χ0v) is 10.7. The van der Waals surface area contributed by atoms with Crippen molar-refractivity contribution in [3.8, 4) is 5.69 Å². The van der Waals surface area contributed by atoms with Crippen LogP contribution in [0.2, 0.25) is 0 Å². The Hall–Kier alpha value is -1.86. The van der Waals surface area contributed by atoms with Gasteiger partial charge < -0.3 is 5.11 Å². The van der Waals surface area contributed by atoms with E-state index < -0.39 is 0 Å². The van der Waals surface area contributed by atoms with E-state index >= 15 is 0 Å². The number of halogens is 1. The van der Waals surface area contributed by atoms with E-state index in [1.807, 2.05) is 12.1 Å². The molecule has 0 atom stereocenters. The van der Waals surface area contributed by atoms with E-state index in [9.17, 15) is 5.11 Å². The molecule has 2 heterocycles. The molecule has 18 heavy (non-hydrogen) atoms. The van der Waals surface area contributed by atoms with Crippen LogP contribution in [0.1, 0.15) is 5.82 Å². The molecule has 90 valence electrons. The van der Waals surface area contributed by atoms with Gasteiger partial charge in [0.1, 0.15) is 18.5 Å². The molecule has 1 N–H and O–H groups in total. The lowest BCUT2D eigenvalue weighted by molar-refractivity contribution is 0.269. The van der Waals surface area contributed by atoms with Gasteiger partial charge in [-0.05, 0) is 28.1 Å². The molecule has 3 aromatic rings. The fourth-order valence-corrected chi connectivity index (χ4v) is 2.37. The van der Waals surface area contributed by atoms with Gasteiger partial charge in [-0.15, -0.1) is 10.2 Å². The minimum Gasteiger partial charge on any atom is -0.388 e. The van der Waals surface area contributed by atoms with E-state index in [1.165, 1.54) is 0 Å². The zero-order valence-electron chi connectivity index (χ0n) is 9.16. The Labute approximate surface area is 110 Å². The van der Waals surface area contributed by atoms with Crippen molar-refractivity contribution in [2.75, 3.05) is 0 Å². The summed E-state index contributed by atoms with van der Waals surface area (Å²) in [6.07, 6.45) is 4.83. The maximum Gasteiger partial charge on any atom is 0.163 e. The molecule has 0 bridgehead atoms. The first-order valence-corrected chi connectivity index (χ1v) is 6.00. The Morgan fingerprint density at radius 1 is 1.22 bits per heavy atom. The molecule has 0 saturated carbocycles. The van der Waals surface area contributed by atoms with Crippen molar-refractivity contribution in [3.63, 3.8) is 0 Å². The molecular formula is C11H8BrN5O. The molecule has 0 spiro atoms. The fourth-order valence-electron chi connectivity index (χ4n) is 1.75. The average Bonchev–Trinajstić information content (AvgIpc) is 2.88. The molecule has 0 aliphatic rings. The summed E-state index contributed by atoms with van der Waals surface area (Å²) >= 11 is 3.51. The van der Waals surface area contributed by atoms with Crippen LogP contribution in [0.3, 0.4) is 0 Å². The van der Waals surface area contributed by atoms with E-state index in [0.29, 0.717) is 5.82 Å². The van der Waals surface area contributed by atoms with Crippen molar-refractivity contribution >= 4 is 27.0 Å². The lowest BCUT2D eigenvalue weighted by Gasteiger charge is -2.08. The van der Waals surface area contributed by atoms with Crippen molar-refractivity contribution in [2.45, 2.75) is 6.61 Å². The average molecular weight is 306 g/mol. The zero-order chi connectivity index (χ0) is 12.5. The van der Waals surface area contributed by atoms with Crippen LogP contribution in [0.5, 0.6) is 0 Å². The van der Waals surface area contributed by atoms with Gasteiger partial charge in [-0.3, -0.25) is 14.5 Å². The topological polar surface area (TPSA) is 76.7 Å². The Morgan fingerprint density at radius 3 is 2.89 bits per heavy atom. The second-order valence-corrected chi connectivity index (χ2v) is 4.39. The van der Waals surface area contributed by atoms with Gasteiger partial charge in [0.15, 0.2) is 5.82 Å². The van der Waals surface area contributed by atoms with Gasteiger partial charge in [0.05, 0.1) is 15.7 Å². The first kappa shape index (κ1) is 11.2. The molecule has 0 aliphatic heterocycles. The summed E-state index contributed by atoms with van der Waals surface area (Å²) in [5.74, 6) is 0.471. The molecule has 0 radical (unpaired) electrons. The Bertz CT molecular complexity index is 711. The van der Waals surface area contributed by atoms with E-state index in [2.05, 4.69) is 36.1 Å². The summed E-state index contributed by atoms with van der Waals surface area (Å²) in [5, 5.41) is 16.8. The minimum absolute atomic E-state index is 0.176. The highest BCUT2D eigenvalue weighted by molar-refractivity contribution is 9.10. The third kappa shape index (κ3) is 1.68. The van der Waals surface area contributed by atoms with Crippen molar-refractivity contribution < 1.29 is 5.11 Å². The number of benzene rings is 1. The maximum atomic E-state index is 9.21. The number of hydrogen-bond acceptors (Lipinski definition) is 5. The fraction of sp³-hybridized carbons (Fsp3) is 0.0909. The number of aliphatic hydroxyl groups is 1. The van der Waals surface area contributed by atoms with Crippen LogP contribution in [-0.4, -0.2) is 29.8 Å². The predicted octanol–water partition coefficient (Wildman–Crippen LogP) is 1.47. The second-order valence-electron chi connectivity index (χ2n) is 3.60. The van der Waals surface area contributed by atoms with E-state index in [4.69, 9.17) is 0 Å². The molecule has 3 rings (SSSR count). The molecule has 0 saturated heterocycles. The van der Waals surface area contributed by atoms with Crippen LogP contribution in [-0.2, 0) is 6.61 Å². The lowest BCUT2D eigenvalue weighted by Crippen LogP contribution is -2.01. The molecule has 0 unspecified atom stereocenters. The second kappa shape index (κ2) is 4.43. The molecule has 0 fully saturated rings. The first-order chi connectivity index (χ1) is 8.81. The largest absolute Gasteiger partial charge is 0.388 e. The van der Waals surface area contributed by atoms with E-state index in [1.54, 1.807) is 23.3 Å². The van der Waals surface area contributed by atoms with Crippen LogP contribution in [0.4, 0.5) is 0 Å². The van der Waals surface area contributed by atoms with Crippen molar-refractivity contribution in [1.29, 1.82) is 0 Å². The summed E-state index contributed by atoms with van der Waals surface area (Å²) < 4.78 is 2.50. The van der Waals surface area contributed by atoms with Crippen molar-refractivity contribution in [2.24, 2.45) is 0 Å². The van der Waals surface area contributed by atoms with Gasteiger partial charge in [-0.1, -0.05) is 0 Å². The molecule has 1 aromatic carbocycles. The summed E-state index contributed by atoms with van der Waals surface area (Å²) in [6, 6.07) is 3.74.